The normalized spacial score (nSPS) is 10.1. The molecule has 6 nitrogen and oxygen atoms in total. The van der Waals surface area contributed by atoms with Gasteiger partial charge in [-0.15, -0.1) is 0 Å². The lowest BCUT2D eigenvalue weighted by atomic mass is 10.2. The average Bonchev–Trinajstić information content (AvgIpc) is 2.34. The second-order valence-electron chi connectivity index (χ2n) is 3.68. The predicted octanol–water partition coefficient (Wildman–Crippen LogP) is 1.39. The molecule has 0 amide bonds. The highest BCUT2D eigenvalue weighted by atomic mass is 16.6. The molecule has 2 N–H and O–H groups in total. The van der Waals surface area contributed by atoms with Crippen LogP contribution < -0.4 is 15.4 Å². The summed E-state index contributed by atoms with van der Waals surface area (Å²) < 4.78 is 5.01. The van der Waals surface area contributed by atoms with Crippen LogP contribution in [0.5, 0.6) is 5.75 Å². The first-order valence-electron chi connectivity index (χ1n) is 5.33. The average molecular weight is 239 g/mol. The fraction of sp³-hybridized carbons (Fsp3) is 0.455. The molecule has 17 heavy (non-hydrogen) atoms. The number of ether oxygens (including phenoxy) is 1. The van der Waals surface area contributed by atoms with Crippen LogP contribution >= 0.6 is 0 Å². The summed E-state index contributed by atoms with van der Waals surface area (Å²) in [6, 6.07) is 4.82. The summed E-state index contributed by atoms with van der Waals surface area (Å²) in [4.78, 5) is 12.3. The van der Waals surface area contributed by atoms with Crippen LogP contribution in [0.3, 0.4) is 0 Å². The summed E-state index contributed by atoms with van der Waals surface area (Å²) in [6.07, 6.45) is 0.871. The molecule has 0 aliphatic rings. The molecule has 0 saturated carbocycles. The van der Waals surface area contributed by atoms with Gasteiger partial charge in [0.15, 0.2) is 5.75 Å². The van der Waals surface area contributed by atoms with Crippen molar-refractivity contribution in [2.45, 2.75) is 6.42 Å². The maximum atomic E-state index is 10.7. The summed E-state index contributed by atoms with van der Waals surface area (Å²) in [5.41, 5.74) is 6.29. The van der Waals surface area contributed by atoms with Crippen molar-refractivity contribution in [1.82, 2.24) is 0 Å². The fourth-order valence-electron chi connectivity index (χ4n) is 1.51. The highest BCUT2D eigenvalue weighted by molar-refractivity contribution is 5.58. The van der Waals surface area contributed by atoms with Crippen molar-refractivity contribution in [3.8, 4) is 5.75 Å². The second kappa shape index (κ2) is 6.05. The number of nitro groups is 1. The summed E-state index contributed by atoms with van der Waals surface area (Å²) in [5, 5.41) is 10.7. The highest BCUT2D eigenvalue weighted by Crippen LogP contribution is 2.30. The Labute approximate surface area is 100 Å². The molecule has 1 aromatic rings. The Kier molecular flexibility index (Phi) is 4.71. The van der Waals surface area contributed by atoms with Crippen LogP contribution in [0.25, 0.3) is 0 Å². The molecule has 0 fully saturated rings. The van der Waals surface area contributed by atoms with E-state index in [1.165, 1.54) is 13.2 Å². The maximum absolute atomic E-state index is 10.7. The monoisotopic (exact) mass is 239 g/mol. The minimum absolute atomic E-state index is 0.0246. The van der Waals surface area contributed by atoms with E-state index in [4.69, 9.17) is 10.5 Å². The van der Waals surface area contributed by atoms with Gasteiger partial charge in [-0.2, -0.15) is 0 Å². The third kappa shape index (κ3) is 3.32. The molecule has 1 rings (SSSR count). The van der Waals surface area contributed by atoms with Crippen molar-refractivity contribution < 1.29 is 9.66 Å². The Morgan fingerprint density at radius 3 is 2.76 bits per heavy atom. The number of nitrogens with two attached hydrogens (primary N) is 1. The number of hydrogen-bond acceptors (Lipinski definition) is 5. The van der Waals surface area contributed by atoms with Gasteiger partial charge >= 0.3 is 5.69 Å². The molecular weight excluding hydrogens is 222 g/mol. The molecular formula is C11H17N3O3. The van der Waals surface area contributed by atoms with Crippen LogP contribution in [0, 0.1) is 10.1 Å². The second-order valence-corrected chi connectivity index (χ2v) is 3.68. The summed E-state index contributed by atoms with van der Waals surface area (Å²) in [5.74, 6) is 0.270. The van der Waals surface area contributed by atoms with Crippen molar-refractivity contribution in [2.75, 3.05) is 32.1 Å². The molecule has 6 heteroatoms. The summed E-state index contributed by atoms with van der Waals surface area (Å²) in [7, 11) is 3.34. The van der Waals surface area contributed by atoms with Crippen LogP contribution in [0.2, 0.25) is 0 Å². The molecule has 0 radical (unpaired) electrons. The number of benzene rings is 1. The predicted molar refractivity (Wildman–Crippen MR) is 66.6 cm³/mol. The zero-order valence-corrected chi connectivity index (χ0v) is 10.0. The maximum Gasteiger partial charge on any atom is 0.311 e. The number of nitrogens with zero attached hydrogens (tertiary/aromatic N) is 2. The van der Waals surface area contributed by atoms with E-state index in [-0.39, 0.29) is 11.4 Å². The topological polar surface area (TPSA) is 81.6 Å². The van der Waals surface area contributed by atoms with E-state index >= 15 is 0 Å². The van der Waals surface area contributed by atoms with Gasteiger partial charge < -0.3 is 15.4 Å². The van der Waals surface area contributed by atoms with E-state index < -0.39 is 4.92 Å². The lowest BCUT2D eigenvalue weighted by Gasteiger charge is -2.19. The van der Waals surface area contributed by atoms with Crippen LogP contribution in [0.1, 0.15) is 6.42 Å². The lowest BCUT2D eigenvalue weighted by Crippen LogP contribution is -2.20. The number of rotatable bonds is 6. The molecule has 0 bridgehead atoms. The Morgan fingerprint density at radius 2 is 2.24 bits per heavy atom. The van der Waals surface area contributed by atoms with E-state index in [1.54, 1.807) is 12.1 Å². The van der Waals surface area contributed by atoms with Gasteiger partial charge in [-0.25, -0.2) is 0 Å². The van der Waals surface area contributed by atoms with Crippen molar-refractivity contribution in [2.24, 2.45) is 5.73 Å². The molecule has 0 aromatic heterocycles. The molecule has 0 aliphatic carbocycles. The van der Waals surface area contributed by atoms with Crippen LogP contribution in [-0.2, 0) is 0 Å². The molecule has 94 valence electrons. The third-order valence-corrected chi connectivity index (χ3v) is 2.50. The Morgan fingerprint density at radius 1 is 1.53 bits per heavy atom. The smallest absolute Gasteiger partial charge is 0.311 e. The zero-order valence-electron chi connectivity index (χ0n) is 10.0. The lowest BCUT2D eigenvalue weighted by molar-refractivity contribution is -0.385. The van der Waals surface area contributed by atoms with Crippen molar-refractivity contribution >= 4 is 11.4 Å². The fourth-order valence-corrected chi connectivity index (χ4v) is 1.51. The van der Waals surface area contributed by atoms with E-state index in [1.807, 2.05) is 11.9 Å². The molecule has 0 aliphatic heterocycles. The molecule has 0 spiro atoms. The van der Waals surface area contributed by atoms with Gasteiger partial charge in [-0.1, -0.05) is 0 Å². The van der Waals surface area contributed by atoms with Gasteiger partial charge in [0, 0.05) is 31.4 Å². The van der Waals surface area contributed by atoms with Crippen molar-refractivity contribution in [3.63, 3.8) is 0 Å². The molecule has 1 aromatic carbocycles. The van der Waals surface area contributed by atoms with E-state index in [0.29, 0.717) is 6.54 Å². The van der Waals surface area contributed by atoms with Gasteiger partial charge in [0.2, 0.25) is 0 Å². The quantitative estimate of drug-likeness (QED) is 0.599. The van der Waals surface area contributed by atoms with Gasteiger partial charge in [-0.3, -0.25) is 10.1 Å². The zero-order chi connectivity index (χ0) is 12.8. The first-order chi connectivity index (χ1) is 8.10. The number of methoxy groups -OCH3 is 1. The van der Waals surface area contributed by atoms with Crippen molar-refractivity contribution in [1.29, 1.82) is 0 Å². The minimum Gasteiger partial charge on any atom is -0.490 e. The van der Waals surface area contributed by atoms with Crippen LogP contribution in [0.15, 0.2) is 18.2 Å². The largest absolute Gasteiger partial charge is 0.490 e. The minimum atomic E-state index is -0.456. The van der Waals surface area contributed by atoms with Gasteiger partial charge in [0.05, 0.1) is 12.0 Å². The molecule has 0 saturated heterocycles. The number of anilines is 1. The first kappa shape index (κ1) is 13.2. The highest BCUT2D eigenvalue weighted by Gasteiger charge is 2.15. The van der Waals surface area contributed by atoms with Crippen molar-refractivity contribution in [3.05, 3.63) is 28.3 Å². The standard InChI is InChI=1S/C11H17N3O3/c1-13(7-3-6-12)9-4-5-10(14(15)16)11(8-9)17-2/h4-5,8H,3,6-7,12H2,1-2H3. The number of hydrogen-bond donors (Lipinski definition) is 1. The molecule has 0 unspecified atom stereocenters. The first-order valence-corrected chi connectivity index (χ1v) is 5.33. The van der Waals surface area contributed by atoms with Crippen LogP contribution in [-0.4, -0.2) is 32.2 Å². The SMILES string of the molecule is COc1cc(N(C)CCCN)ccc1[N+](=O)[O-]. The van der Waals surface area contributed by atoms with E-state index in [0.717, 1.165) is 18.7 Å². The van der Waals surface area contributed by atoms with E-state index in [2.05, 4.69) is 0 Å². The third-order valence-electron chi connectivity index (χ3n) is 2.50. The van der Waals surface area contributed by atoms with Gasteiger partial charge in [0.1, 0.15) is 0 Å². The molecule has 0 heterocycles. The number of nitro benzene ring substituents is 1. The summed E-state index contributed by atoms with van der Waals surface area (Å²) in [6.45, 7) is 1.42. The van der Waals surface area contributed by atoms with Gasteiger partial charge in [0.25, 0.3) is 0 Å². The summed E-state index contributed by atoms with van der Waals surface area (Å²) >= 11 is 0. The Bertz CT molecular complexity index is 396. The molecule has 0 atom stereocenters. The van der Waals surface area contributed by atoms with Crippen LogP contribution in [0.4, 0.5) is 11.4 Å². The Hall–Kier alpha value is -1.82. The van der Waals surface area contributed by atoms with Gasteiger partial charge in [-0.05, 0) is 19.0 Å². The van der Waals surface area contributed by atoms with E-state index in [9.17, 15) is 10.1 Å². The Balaban J connectivity index is 2.92.